The van der Waals surface area contributed by atoms with Gasteiger partial charge in [-0.15, -0.1) is 0 Å². The van der Waals surface area contributed by atoms with Crippen molar-refractivity contribution in [2.75, 3.05) is 5.32 Å². The van der Waals surface area contributed by atoms with Crippen molar-refractivity contribution in [3.05, 3.63) is 74.3 Å². The number of fused-ring (bicyclic) bond motifs is 1. The second-order valence-electron chi connectivity index (χ2n) is 4.99. The molecule has 0 saturated carbocycles. The monoisotopic (exact) mass is 349 g/mol. The third-order valence-electron chi connectivity index (χ3n) is 3.35. The summed E-state index contributed by atoms with van der Waals surface area (Å²) in [4.78, 5) is 16.5. The molecule has 0 radical (unpaired) electrons. The van der Waals surface area contributed by atoms with Gasteiger partial charge in [-0.1, -0.05) is 29.3 Å². The van der Waals surface area contributed by atoms with Gasteiger partial charge in [-0.25, -0.2) is 4.98 Å². The summed E-state index contributed by atoms with van der Waals surface area (Å²) in [6.45, 7) is 0.269. The Labute approximate surface area is 142 Å². The molecule has 0 atom stereocenters. The first-order valence-corrected chi connectivity index (χ1v) is 7.63. The highest BCUT2D eigenvalue weighted by molar-refractivity contribution is 6.33. The maximum Gasteiger partial charge on any atom is 0.258 e. The molecule has 0 fully saturated rings. The predicted octanol–water partition coefficient (Wildman–Crippen LogP) is 3.11. The molecule has 0 aliphatic carbocycles. The first-order valence-electron chi connectivity index (χ1n) is 6.88. The van der Waals surface area contributed by atoms with E-state index in [4.69, 9.17) is 23.2 Å². The van der Waals surface area contributed by atoms with E-state index < -0.39 is 0 Å². The molecule has 1 aromatic carbocycles. The van der Waals surface area contributed by atoms with E-state index in [9.17, 15) is 9.90 Å². The van der Waals surface area contributed by atoms with Crippen LogP contribution >= 0.6 is 23.2 Å². The molecule has 0 amide bonds. The molecule has 0 unspecified atom stereocenters. The molecule has 5 nitrogen and oxygen atoms in total. The first kappa shape index (κ1) is 15.8. The van der Waals surface area contributed by atoms with Gasteiger partial charge in [0.25, 0.3) is 5.56 Å². The van der Waals surface area contributed by atoms with Gasteiger partial charge in [-0.2, -0.15) is 0 Å². The van der Waals surface area contributed by atoms with Gasteiger partial charge in [0.05, 0.1) is 34.6 Å². The fourth-order valence-corrected chi connectivity index (χ4v) is 2.55. The van der Waals surface area contributed by atoms with Crippen LogP contribution in [0.5, 0.6) is 0 Å². The minimum absolute atomic E-state index is 0.0673. The molecule has 0 bridgehead atoms. The first-order chi connectivity index (χ1) is 11.1. The van der Waals surface area contributed by atoms with E-state index in [1.54, 1.807) is 30.3 Å². The summed E-state index contributed by atoms with van der Waals surface area (Å²) in [5, 5.41) is 13.3. The number of halogens is 2. The number of rotatable bonds is 4. The third-order valence-corrected chi connectivity index (χ3v) is 3.90. The molecule has 2 aromatic heterocycles. The Kier molecular flexibility index (Phi) is 4.52. The Hall–Kier alpha value is -2.08. The molecule has 7 heteroatoms. The standard InChI is InChI=1S/C16H13Cl2N3O2/c17-11-2-4-15-20-12(6-16(23)21(15)8-11)7-19-14-5-10(9-22)1-3-13(14)18/h1-6,8,19,22H,7,9H2. The van der Waals surface area contributed by atoms with Gasteiger partial charge in [-0.05, 0) is 29.8 Å². The number of aliphatic hydroxyl groups excluding tert-OH is 1. The Balaban J connectivity index is 1.88. The van der Waals surface area contributed by atoms with Crippen molar-refractivity contribution < 1.29 is 5.11 Å². The molecule has 23 heavy (non-hydrogen) atoms. The fraction of sp³-hybridized carbons (Fsp3) is 0.125. The van der Waals surface area contributed by atoms with E-state index in [0.717, 1.165) is 5.56 Å². The smallest absolute Gasteiger partial charge is 0.258 e. The van der Waals surface area contributed by atoms with Crippen molar-refractivity contribution in [1.82, 2.24) is 9.38 Å². The number of benzene rings is 1. The van der Waals surface area contributed by atoms with Gasteiger partial charge >= 0.3 is 0 Å². The number of nitrogens with one attached hydrogen (secondary N) is 1. The van der Waals surface area contributed by atoms with E-state index in [2.05, 4.69) is 10.3 Å². The summed E-state index contributed by atoms with van der Waals surface area (Å²) in [6, 6.07) is 10.0. The van der Waals surface area contributed by atoms with Crippen molar-refractivity contribution in [3.63, 3.8) is 0 Å². The molecule has 2 N–H and O–H groups in total. The summed E-state index contributed by atoms with van der Waals surface area (Å²) in [6.07, 6.45) is 1.53. The molecular weight excluding hydrogens is 337 g/mol. The average molecular weight is 350 g/mol. The van der Waals surface area contributed by atoms with Crippen LogP contribution < -0.4 is 10.9 Å². The van der Waals surface area contributed by atoms with Crippen LogP contribution in [0, 0.1) is 0 Å². The maximum atomic E-state index is 12.1. The van der Waals surface area contributed by atoms with Crippen LogP contribution in [0.4, 0.5) is 5.69 Å². The summed E-state index contributed by atoms with van der Waals surface area (Å²) in [7, 11) is 0. The van der Waals surface area contributed by atoms with E-state index in [1.165, 1.54) is 16.7 Å². The van der Waals surface area contributed by atoms with Crippen molar-refractivity contribution in [2.45, 2.75) is 13.2 Å². The van der Waals surface area contributed by atoms with Gasteiger partial charge in [0.2, 0.25) is 0 Å². The second-order valence-corrected chi connectivity index (χ2v) is 5.83. The molecule has 0 saturated heterocycles. The third kappa shape index (κ3) is 3.47. The van der Waals surface area contributed by atoms with Crippen molar-refractivity contribution in [3.8, 4) is 0 Å². The Morgan fingerprint density at radius 1 is 1.17 bits per heavy atom. The summed E-state index contributed by atoms with van der Waals surface area (Å²) in [5.74, 6) is 0. The lowest BCUT2D eigenvalue weighted by molar-refractivity contribution is 0.282. The zero-order chi connectivity index (χ0) is 16.4. The van der Waals surface area contributed by atoms with Crippen LogP contribution in [0.2, 0.25) is 10.0 Å². The number of hydrogen-bond acceptors (Lipinski definition) is 4. The largest absolute Gasteiger partial charge is 0.392 e. The molecule has 0 aliphatic heterocycles. The van der Waals surface area contributed by atoms with E-state index in [1.807, 2.05) is 0 Å². The minimum Gasteiger partial charge on any atom is -0.392 e. The highest BCUT2D eigenvalue weighted by atomic mass is 35.5. The van der Waals surface area contributed by atoms with Crippen LogP contribution in [0.15, 0.2) is 47.4 Å². The Bertz CT molecular complexity index is 925. The van der Waals surface area contributed by atoms with E-state index in [0.29, 0.717) is 33.6 Å². The second kappa shape index (κ2) is 6.58. The van der Waals surface area contributed by atoms with Crippen molar-refractivity contribution >= 4 is 34.5 Å². The lowest BCUT2D eigenvalue weighted by atomic mass is 10.2. The molecule has 3 aromatic rings. The van der Waals surface area contributed by atoms with E-state index >= 15 is 0 Å². The number of pyridine rings is 1. The predicted molar refractivity (Wildman–Crippen MR) is 91.2 cm³/mol. The van der Waals surface area contributed by atoms with Crippen LogP contribution in [0.25, 0.3) is 5.65 Å². The number of aliphatic hydroxyl groups is 1. The average Bonchev–Trinajstić information content (AvgIpc) is 2.55. The minimum atomic E-state index is -0.204. The molecule has 0 spiro atoms. The van der Waals surface area contributed by atoms with Gasteiger partial charge in [0, 0.05) is 12.3 Å². The highest BCUT2D eigenvalue weighted by Gasteiger charge is 2.05. The molecule has 118 valence electrons. The van der Waals surface area contributed by atoms with Crippen LogP contribution in [0.3, 0.4) is 0 Å². The van der Waals surface area contributed by atoms with Crippen LogP contribution in [0.1, 0.15) is 11.3 Å². The van der Waals surface area contributed by atoms with Crippen LogP contribution in [-0.4, -0.2) is 14.5 Å². The molecule has 0 aliphatic rings. The van der Waals surface area contributed by atoms with E-state index in [-0.39, 0.29) is 12.2 Å². The topological polar surface area (TPSA) is 66.6 Å². The van der Waals surface area contributed by atoms with Gasteiger partial charge in [0.1, 0.15) is 5.65 Å². The summed E-state index contributed by atoms with van der Waals surface area (Å²) >= 11 is 12.0. The molecule has 3 rings (SSSR count). The number of aromatic nitrogens is 2. The Morgan fingerprint density at radius 3 is 2.78 bits per heavy atom. The van der Waals surface area contributed by atoms with Gasteiger partial charge in [0.15, 0.2) is 0 Å². The fourth-order valence-electron chi connectivity index (χ4n) is 2.21. The SMILES string of the molecule is O=c1cc(CNc2cc(CO)ccc2Cl)nc2ccc(Cl)cn12. The molecule has 2 heterocycles. The summed E-state index contributed by atoms with van der Waals surface area (Å²) in [5.41, 5.74) is 2.33. The quantitative estimate of drug-likeness (QED) is 0.759. The lowest BCUT2D eigenvalue weighted by Crippen LogP contribution is -2.16. The number of hydrogen-bond donors (Lipinski definition) is 2. The highest BCUT2D eigenvalue weighted by Crippen LogP contribution is 2.23. The van der Waals surface area contributed by atoms with Crippen LogP contribution in [-0.2, 0) is 13.2 Å². The maximum absolute atomic E-state index is 12.1. The lowest BCUT2D eigenvalue weighted by Gasteiger charge is -2.10. The Morgan fingerprint density at radius 2 is 2.00 bits per heavy atom. The zero-order valence-corrected chi connectivity index (χ0v) is 13.5. The normalized spacial score (nSPS) is 10.9. The van der Waals surface area contributed by atoms with Crippen molar-refractivity contribution in [1.29, 1.82) is 0 Å². The van der Waals surface area contributed by atoms with Gasteiger partial charge < -0.3 is 10.4 Å². The van der Waals surface area contributed by atoms with Gasteiger partial charge in [-0.3, -0.25) is 9.20 Å². The number of anilines is 1. The summed E-state index contributed by atoms with van der Waals surface area (Å²) < 4.78 is 1.39. The van der Waals surface area contributed by atoms with Crippen molar-refractivity contribution in [2.24, 2.45) is 0 Å². The number of nitrogens with zero attached hydrogens (tertiary/aromatic N) is 2. The zero-order valence-electron chi connectivity index (χ0n) is 12.0. The molecular formula is C16H13Cl2N3O2.